The van der Waals surface area contributed by atoms with Gasteiger partial charge in [-0.1, -0.05) is 6.07 Å². The number of nitrogens with zero attached hydrogens (tertiary/aromatic N) is 2. The van der Waals surface area contributed by atoms with E-state index in [1.54, 1.807) is 13.3 Å². The van der Waals surface area contributed by atoms with Crippen molar-refractivity contribution in [2.45, 2.75) is 20.0 Å². The number of rotatable bonds is 7. The van der Waals surface area contributed by atoms with Crippen LogP contribution in [0, 0.1) is 0 Å². The second-order valence-electron chi connectivity index (χ2n) is 4.24. The van der Waals surface area contributed by atoms with E-state index in [-0.39, 0.29) is 0 Å². The van der Waals surface area contributed by atoms with Crippen LogP contribution in [0.5, 0.6) is 11.5 Å². The highest BCUT2D eigenvalue weighted by Gasteiger charge is 2.05. The van der Waals surface area contributed by atoms with Crippen LogP contribution in [0.3, 0.4) is 0 Å². The van der Waals surface area contributed by atoms with Crippen LogP contribution in [0.2, 0.25) is 0 Å². The van der Waals surface area contributed by atoms with Crippen molar-refractivity contribution in [1.82, 2.24) is 15.5 Å². The number of hydrogen-bond donors (Lipinski definition) is 1. The molecule has 0 radical (unpaired) electrons. The standard InChI is InChI=1S/C15H19N3O2/c1-3-20-15-9-12(6-7-14(15)19-2)10-16-11-13-5-4-8-17-18-13/h4-9,16H,3,10-11H2,1-2H3. The van der Waals surface area contributed by atoms with Crippen molar-refractivity contribution < 1.29 is 9.47 Å². The summed E-state index contributed by atoms with van der Waals surface area (Å²) < 4.78 is 10.8. The fraction of sp³-hybridized carbons (Fsp3) is 0.333. The molecule has 0 saturated carbocycles. The van der Waals surface area contributed by atoms with E-state index in [0.29, 0.717) is 13.2 Å². The molecule has 0 aliphatic rings. The largest absolute Gasteiger partial charge is 0.493 e. The third-order valence-corrected chi connectivity index (χ3v) is 2.79. The zero-order chi connectivity index (χ0) is 14.2. The van der Waals surface area contributed by atoms with Gasteiger partial charge in [-0.2, -0.15) is 10.2 Å². The number of methoxy groups -OCH3 is 1. The highest BCUT2D eigenvalue weighted by atomic mass is 16.5. The Balaban J connectivity index is 1.94. The molecule has 106 valence electrons. The van der Waals surface area contributed by atoms with Crippen LogP contribution >= 0.6 is 0 Å². The molecule has 1 aromatic carbocycles. The van der Waals surface area contributed by atoms with Crippen LogP contribution in [0.1, 0.15) is 18.2 Å². The minimum atomic E-state index is 0.618. The second-order valence-corrected chi connectivity index (χ2v) is 4.24. The van der Waals surface area contributed by atoms with Gasteiger partial charge in [0.15, 0.2) is 11.5 Å². The highest BCUT2D eigenvalue weighted by molar-refractivity contribution is 5.42. The first-order chi connectivity index (χ1) is 9.83. The summed E-state index contributed by atoms with van der Waals surface area (Å²) in [5, 5.41) is 11.2. The van der Waals surface area contributed by atoms with Gasteiger partial charge in [0.05, 0.1) is 19.4 Å². The van der Waals surface area contributed by atoms with Crippen molar-refractivity contribution in [3.8, 4) is 11.5 Å². The minimum absolute atomic E-state index is 0.618. The molecular weight excluding hydrogens is 254 g/mol. The summed E-state index contributed by atoms with van der Waals surface area (Å²) in [5.74, 6) is 1.53. The molecule has 1 heterocycles. The lowest BCUT2D eigenvalue weighted by atomic mass is 10.2. The van der Waals surface area contributed by atoms with Crippen LogP contribution in [0.15, 0.2) is 36.5 Å². The predicted molar refractivity (Wildman–Crippen MR) is 76.7 cm³/mol. The molecule has 0 spiro atoms. The van der Waals surface area contributed by atoms with Gasteiger partial charge in [-0.15, -0.1) is 0 Å². The Labute approximate surface area is 118 Å². The Morgan fingerprint density at radius 3 is 2.75 bits per heavy atom. The lowest BCUT2D eigenvalue weighted by molar-refractivity contribution is 0.310. The van der Waals surface area contributed by atoms with Crippen molar-refractivity contribution in [3.05, 3.63) is 47.8 Å². The minimum Gasteiger partial charge on any atom is -0.493 e. The second kappa shape index (κ2) is 7.45. The number of ether oxygens (including phenoxy) is 2. The molecule has 5 heteroatoms. The molecule has 5 nitrogen and oxygen atoms in total. The first-order valence-corrected chi connectivity index (χ1v) is 6.60. The zero-order valence-corrected chi connectivity index (χ0v) is 11.8. The SMILES string of the molecule is CCOc1cc(CNCc2cccnn2)ccc1OC. The Morgan fingerprint density at radius 1 is 1.15 bits per heavy atom. The van der Waals surface area contributed by atoms with Crippen molar-refractivity contribution in [3.63, 3.8) is 0 Å². The smallest absolute Gasteiger partial charge is 0.161 e. The summed E-state index contributed by atoms with van der Waals surface area (Å²) in [6.45, 7) is 4.00. The first-order valence-electron chi connectivity index (χ1n) is 6.60. The van der Waals surface area contributed by atoms with Gasteiger partial charge in [-0.3, -0.25) is 0 Å². The van der Waals surface area contributed by atoms with Gasteiger partial charge in [0.1, 0.15) is 0 Å². The molecule has 20 heavy (non-hydrogen) atoms. The predicted octanol–water partition coefficient (Wildman–Crippen LogP) is 2.17. The molecule has 1 N–H and O–H groups in total. The normalized spacial score (nSPS) is 10.3. The Morgan fingerprint density at radius 2 is 2.05 bits per heavy atom. The summed E-state index contributed by atoms with van der Waals surface area (Å²) in [6, 6.07) is 9.76. The van der Waals surface area contributed by atoms with Gasteiger partial charge in [-0.25, -0.2) is 0 Å². The highest BCUT2D eigenvalue weighted by Crippen LogP contribution is 2.27. The maximum absolute atomic E-state index is 5.56. The van der Waals surface area contributed by atoms with E-state index in [9.17, 15) is 0 Å². The average molecular weight is 273 g/mol. The monoisotopic (exact) mass is 273 g/mol. The molecule has 0 bridgehead atoms. The van der Waals surface area contributed by atoms with Gasteiger partial charge >= 0.3 is 0 Å². The van der Waals surface area contributed by atoms with Crippen LogP contribution in [-0.4, -0.2) is 23.9 Å². The molecule has 0 amide bonds. The van der Waals surface area contributed by atoms with Gasteiger partial charge in [0.25, 0.3) is 0 Å². The molecule has 0 saturated heterocycles. The molecule has 2 rings (SSSR count). The van der Waals surface area contributed by atoms with Crippen LogP contribution in [0.25, 0.3) is 0 Å². The molecule has 0 aliphatic carbocycles. The fourth-order valence-electron chi connectivity index (χ4n) is 1.86. The lowest BCUT2D eigenvalue weighted by Gasteiger charge is -2.11. The Hall–Kier alpha value is -2.14. The molecule has 0 fully saturated rings. The molecule has 0 unspecified atom stereocenters. The molecular formula is C15H19N3O2. The fourth-order valence-corrected chi connectivity index (χ4v) is 1.86. The molecule has 1 aromatic heterocycles. The topological polar surface area (TPSA) is 56.3 Å². The van der Waals surface area contributed by atoms with E-state index in [4.69, 9.17) is 9.47 Å². The maximum Gasteiger partial charge on any atom is 0.161 e. The van der Waals surface area contributed by atoms with Crippen molar-refractivity contribution in [2.75, 3.05) is 13.7 Å². The molecule has 0 atom stereocenters. The van der Waals surface area contributed by atoms with Crippen LogP contribution < -0.4 is 14.8 Å². The summed E-state index contributed by atoms with van der Waals surface area (Å²) in [6.07, 6.45) is 1.67. The van der Waals surface area contributed by atoms with E-state index in [1.165, 1.54) is 0 Å². The van der Waals surface area contributed by atoms with E-state index in [2.05, 4.69) is 15.5 Å². The third kappa shape index (κ3) is 3.93. The summed E-state index contributed by atoms with van der Waals surface area (Å²) in [4.78, 5) is 0. The maximum atomic E-state index is 5.56. The summed E-state index contributed by atoms with van der Waals surface area (Å²) in [7, 11) is 1.64. The van der Waals surface area contributed by atoms with E-state index in [1.807, 2.05) is 37.3 Å². The third-order valence-electron chi connectivity index (χ3n) is 2.79. The van der Waals surface area contributed by atoms with Crippen molar-refractivity contribution in [1.29, 1.82) is 0 Å². The van der Waals surface area contributed by atoms with Gasteiger partial charge in [0, 0.05) is 19.3 Å². The molecule has 0 aliphatic heterocycles. The first kappa shape index (κ1) is 14.3. The van der Waals surface area contributed by atoms with Gasteiger partial charge < -0.3 is 14.8 Å². The average Bonchev–Trinajstić information content (AvgIpc) is 2.49. The Bertz CT molecular complexity index is 532. The van der Waals surface area contributed by atoms with Crippen molar-refractivity contribution >= 4 is 0 Å². The summed E-state index contributed by atoms with van der Waals surface area (Å²) >= 11 is 0. The van der Waals surface area contributed by atoms with Gasteiger partial charge in [0.2, 0.25) is 0 Å². The summed E-state index contributed by atoms with van der Waals surface area (Å²) in [5.41, 5.74) is 2.06. The van der Waals surface area contributed by atoms with E-state index in [0.717, 1.165) is 29.3 Å². The van der Waals surface area contributed by atoms with Gasteiger partial charge in [-0.05, 0) is 36.8 Å². The number of hydrogen-bond acceptors (Lipinski definition) is 5. The number of nitrogens with one attached hydrogen (secondary N) is 1. The van der Waals surface area contributed by atoms with E-state index >= 15 is 0 Å². The number of benzene rings is 1. The quantitative estimate of drug-likeness (QED) is 0.838. The lowest BCUT2D eigenvalue weighted by Crippen LogP contribution is -2.14. The molecule has 2 aromatic rings. The van der Waals surface area contributed by atoms with E-state index < -0.39 is 0 Å². The Kier molecular flexibility index (Phi) is 5.32. The van der Waals surface area contributed by atoms with Crippen molar-refractivity contribution in [2.24, 2.45) is 0 Å². The zero-order valence-electron chi connectivity index (χ0n) is 11.8. The van der Waals surface area contributed by atoms with Crippen LogP contribution in [0.4, 0.5) is 0 Å². The number of aromatic nitrogens is 2. The van der Waals surface area contributed by atoms with Crippen LogP contribution in [-0.2, 0) is 13.1 Å².